The van der Waals surface area contributed by atoms with E-state index >= 15 is 0 Å². The highest BCUT2D eigenvalue weighted by Crippen LogP contribution is 2.63. The molecule has 0 amide bonds. The lowest BCUT2D eigenvalue weighted by atomic mass is 9.65. The molecule has 2 fully saturated rings. The number of carboxylic acids is 1. The highest BCUT2D eigenvalue weighted by Gasteiger charge is 2.53. The number of ether oxygens (including phenoxy) is 2. The highest BCUT2D eigenvalue weighted by atomic mass is 32.1. The molecule has 0 bridgehead atoms. The van der Waals surface area contributed by atoms with Crippen molar-refractivity contribution in [1.82, 2.24) is 0 Å². The molecule has 0 spiro atoms. The molecule has 3 heterocycles. The summed E-state index contributed by atoms with van der Waals surface area (Å²) in [6.07, 6.45) is 12.2. The largest absolute Gasteiger partial charge is 0.478 e. The van der Waals surface area contributed by atoms with Crippen molar-refractivity contribution in [2.45, 2.75) is 211 Å². The molecule has 420 valence electrons. The number of hydrogen-bond acceptors (Lipinski definition) is 8. The van der Waals surface area contributed by atoms with E-state index in [-0.39, 0.29) is 55.3 Å². The Kier molecular flexibility index (Phi) is 15.1. The summed E-state index contributed by atoms with van der Waals surface area (Å²) in [5.41, 5.74) is 17.0. The van der Waals surface area contributed by atoms with Gasteiger partial charge in [0.1, 0.15) is 0 Å². The molecule has 0 unspecified atom stereocenters. The van der Waals surface area contributed by atoms with Gasteiger partial charge in [-0.2, -0.15) is 0 Å². The zero-order valence-corrected chi connectivity index (χ0v) is 52.9. The van der Waals surface area contributed by atoms with Crippen molar-refractivity contribution < 1.29 is 29.0 Å². The first-order valence-corrected chi connectivity index (χ1v) is 31.1. The van der Waals surface area contributed by atoms with Gasteiger partial charge in [0.2, 0.25) is 0 Å². The summed E-state index contributed by atoms with van der Waals surface area (Å²) >= 11 is 5.99. The quantitative estimate of drug-likeness (QED) is 0.145. The molecule has 0 aliphatic heterocycles. The van der Waals surface area contributed by atoms with Crippen LogP contribution in [0, 0.1) is 20.8 Å². The number of benzene rings is 3. The molecular weight excluding hydrogens is 1030 g/mol. The van der Waals surface area contributed by atoms with Gasteiger partial charge in [-0.25, -0.2) is 14.4 Å². The van der Waals surface area contributed by atoms with Crippen LogP contribution in [0.4, 0.5) is 0 Å². The van der Waals surface area contributed by atoms with Gasteiger partial charge in [0, 0.05) is 40.1 Å². The average molecular weight is 1120 g/mol. The molecular formula is C70H86O6S3. The summed E-state index contributed by atoms with van der Waals surface area (Å²) in [4.78, 5) is 43.6. The lowest BCUT2D eigenvalue weighted by molar-refractivity contribution is 0.0592. The van der Waals surface area contributed by atoms with E-state index in [0.717, 1.165) is 11.1 Å². The van der Waals surface area contributed by atoms with E-state index in [1.807, 2.05) is 71.2 Å². The number of hydrogen-bond donors (Lipinski definition) is 1. The third kappa shape index (κ3) is 10.4. The monoisotopic (exact) mass is 1120 g/mol. The summed E-state index contributed by atoms with van der Waals surface area (Å²) in [6.45, 7) is 39.9. The molecule has 9 heteroatoms. The van der Waals surface area contributed by atoms with E-state index in [1.165, 1.54) is 126 Å². The lowest BCUT2D eigenvalue weighted by Gasteiger charge is -2.40. The number of esters is 2. The average Bonchev–Trinajstić information content (AvgIpc) is 4.45. The van der Waals surface area contributed by atoms with Gasteiger partial charge in [-0.3, -0.25) is 0 Å². The molecule has 2 saturated carbocycles. The van der Waals surface area contributed by atoms with Crippen LogP contribution in [0.25, 0.3) is 5.57 Å². The first-order valence-electron chi connectivity index (χ1n) is 28.6. The fourth-order valence-electron chi connectivity index (χ4n) is 13.8. The standard InChI is InChI=1S/C24H30O2S.2C23H28O2S/c1-15-18-20(23(4,5)12-11-22(18,2)3)27-19(15)24(13-14-24)17-9-7-16(8-10-17)21(25)26-6;1-14-17-19(22(4,5)11-10-21(17,2)3)26-18(14)23(12-13-23)16-8-6-15(7-9-16)20(24)25;1-14(16-8-10-17(11-9-16)21(24)25-7)19-15(2)18-20(26-19)23(5,6)13-12-22(18,3)4/h7-10H,11-14H2,1-6H3;6-9H,10-13H2,1-5H3,(H,24,25);8-11H,1,12-13H2,2-7H3. The minimum atomic E-state index is -0.854. The number of rotatable bonds is 9. The van der Waals surface area contributed by atoms with Crippen LogP contribution in [-0.4, -0.2) is 37.2 Å². The fourth-order valence-corrected chi connectivity index (χ4v) is 19.2. The van der Waals surface area contributed by atoms with E-state index in [2.05, 4.69) is 134 Å². The topological polar surface area (TPSA) is 89.9 Å². The maximum absolute atomic E-state index is 11.8. The molecule has 3 aromatic heterocycles. The predicted octanol–water partition coefficient (Wildman–Crippen LogP) is 18.7. The van der Waals surface area contributed by atoms with E-state index < -0.39 is 5.97 Å². The third-order valence-electron chi connectivity index (χ3n) is 19.3. The molecule has 6 nitrogen and oxygen atoms in total. The van der Waals surface area contributed by atoms with Crippen molar-refractivity contribution in [2.75, 3.05) is 14.2 Å². The Labute approximate surface area is 484 Å². The zero-order valence-electron chi connectivity index (χ0n) is 50.4. The van der Waals surface area contributed by atoms with Gasteiger partial charge < -0.3 is 14.6 Å². The molecule has 0 atom stereocenters. The number of carbonyl (C=O) groups is 3. The van der Waals surface area contributed by atoms with Crippen LogP contribution in [0.3, 0.4) is 0 Å². The van der Waals surface area contributed by atoms with E-state index in [9.17, 15) is 19.5 Å². The predicted molar refractivity (Wildman–Crippen MR) is 330 cm³/mol. The molecule has 5 aliphatic carbocycles. The van der Waals surface area contributed by atoms with Crippen molar-refractivity contribution in [3.8, 4) is 0 Å². The van der Waals surface area contributed by atoms with Crippen LogP contribution in [0.2, 0.25) is 0 Å². The Hall–Kier alpha value is -5.09. The molecule has 5 aliphatic rings. The minimum absolute atomic E-state index is 0.106. The van der Waals surface area contributed by atoms with Crippen LogP contribution in [0.5, 0.6) is 0 Å². The smallest absolute Gasteiger partial charge is 0.337 e. The number of methoxy groups -OCH3 is 2. The summed E-state index contributed by atoms with van der Waals surface area (Å²) < 4.78 is 9.63. The van der Waals surface area contributed by atoms with Gasteiger partial charge in [-0.1, -0.05) is 126 Å². The van der Waals surface area contributed by atoms with Crippen molar-refractivity contribution in [2.24, 2.45) is 0 Å². The normalized spacial score (nSPS) is 20.3. The van der Waals surface area contributed by atoms with E-state index in [0.29, 0.717) is 16.7 Å². The number of carbonyl (C=O) groups excluding carboxylic acids is 2. The Morgan fingerprint density at radius 3 is 1.00 bits per heavy atom. The summed E-state index contributed by atoms with van der Waals surface area (Å²) in [6, 6.07) is 23.2. The molecule has 0 radical (unpaired) electrons. The van der Waals surface area contributed by atoms with Gasteiger partial charge >= 0.3 is 17.9 Å². The zero-order chi connectivity index (χ0) is 57.8. The van der Waals surface area contributed by atoms with E-state index in [4.69, 9.17) is 9.47 Å². The third-order valence-corrected chi connectivity index (χ3v) is 24.7. The maximum Gasteiger partial charge on any atom is 0.337 e. The van der Waals surface area contributed by atoms with Crippen LogP contribution < -0.4 is 0 Å². The number of carboxylic acid groups (broad SMARTS) is 1. The molecule has 1 N–H and O–H groups in total. The second-order valence-electron chi connectivity index (χ2n) is 27.7. The van der Waals surface area contributed by atoms with Crippen molar-refractivity contribution >= 4 is 57.5 Å². The summed E-state index contributed by atoms with van der Waals surface area (Å²) in [7, 11) is 2.83. The van der Waals surface area contributed by atoms with Crippen molar-refractivity contribution in [3.05, 3.63) is 175 Å². The maximum atomic E-state index is 11.8. The van der Waals surface area contributed by atoms with Gasteiger partial charge in [-0.15, -0.1) is 34.0 Å². The van der Waals surface area contributed by atoms with Gasteiger partial charge in [-0.05, 0) is 210 Å². The molecule has 11 rings (SSSR count). The molecule has 0 saturated heterocycles. The lowest BCUT2D eigenvalue weighted by Crippen LogP contribution is -2.32. The van der Waals surface area contributed by atoms with Crippen LogP contribution in [0.15, 0.2) is 79.4 Å². The van der Waals surface area contributed by atoms with Crippen molar-refractivity contribution in [1.29, 1.82) is 0 Å². The minimum Gasteiger partial charge on any atom is -0.478 e. The van der Waals surface area contributed by atoms with Crippen molar-refractivity contribution in [3.63, 3.8) is 0 Å². The molecule has 3 aromatic carbocycles. The SMILES string of the molecule is C=C(c1ccc(C(=O)OC)cc1)c1sc2c(c1C)C(C)(C)CCC2(C)C.COC(=O)c1ccc(C2(c3sc4c(c3C)C(C)(C)CCC4(C)C)CC2)cc1.Cc1c(C2(c3ccc(C(=O)O)cc3)CC2)sc2c1C(C)(C)CCC2(C)C. The second kappa shape index (κ2) is 20.4. The van der Waals surface area contributed by atoms with Crippen LogP contribution >= 0.6 is 34.0 Å². The Bertz CT molecular complexity index is 3350. The summed E-state index contributed by atoms with van der Waals surface area (Å²) in [5.74, 6) is -1.43. The van der Waals surface area contributed by atoms with Gasteiger partial charge in [0.15, 0.2) is 0 Å². The van der Waals surface area contributed by atoms with Crippen LogP contribution in [0.1, 0.15) is 258 Å². The number of fused-ring (bicyclic) bond motifs is 3. The fraction of sp³-hybridized carbons (Fsp3) is 0.500. The highest BCUT2D eigenvalue weighted by molar-refractivity contribution is 7.14. The van der Waals surface area contributed by atoms with Gasteiger partial charge in [0.05, 0.1) is 30.9 Å². The van der Waals surface area contributed by atoms with E-state index in [1.54, 1.807) is 37.9 Å². The Morgan fingerprint density at radius 1 is 0.405 bits per heavy atom. The summed E-state index contributed by atoms with van der Waals surface area (Å²) in [5, 5.41) is 9.18. The Balaban J connectivity index is 0.000000144. The second-order valence-corrected chi connectivity index (χ2v) is 30.8. The first kappa shape index (κ1) is 58.6. The number of thiophene rings is 3. The Morgan fingerprint density at radius 2 is 0.696 bits per heavy atom. The van der Waals surface area contributed by atoms with Crippen LogP contribution in [-0.2, 0) is 52.8 Å². The molecule has 79 heavy (non-hydrogen) atoms. The molecule has 6 aromatic rings. The first-order chi connectivity index (χ1) is 36.8. The van der Waals surface area contributed by atoms with Gasteiger partial charge in [0.25, 0.3) is 0 Å². The number of aromatic carboxylic acids is 1.